The number of aromatic nitrogens is 1. The number of aryl methyl sites for hydroxylation is 1. The van der Waals surface area contributed by atoms with E-state index in [1.54, 1.807) is 25.3 Å². The molecule has 2 rings (SSSR count). The monoisotopic (exact) mass is 273 g/mol. The van der Waals surface area contributed by atoms with E-state index in [0.717, 1.165) is 5.56 Å². The molecule has 0 radical (unpaired) electrons. The fourth-order valence-electron chi connectivity index (χ4n) is 1.91. The van der Waals surface area contributed by atoms with Crippen LogP contribution in [0.4, 0.5) is 4.39 Å². The highest BCUT2D eigenvalue weighted by atomic mass is 19.1. The first-order chi connectivity index (χ1) is 9.36. The molecule has 0 bridgehead atoms. The second-order valence-electron chi connectivity index (χ2n) is 6.00. The molecule has 0 aliphatic rings. The van der Waals surface area contributed by atoms with Crippen LogP contribution in [0.3, 0.4) is 0 Å². The third-order valence-electron chi connectivity index (χ3n) is 3.21. The largest absolute Gasteiger partial charge is 0.473 e. The summed E-state index contributed by atoms with van der Waals surface area (Å²) in [5.41, 5.74) is 2.81. The summed E-state index contributed by atoms with van der Waals surface area (Å²) in [6.07, 6.45) is 1.76. The SMILES string of the molecule is Cc1cc(COc2cc(C(C)(C)C)ccn2)ccc1F. The van der Waals surface area contributed by atoms with Gasteiger partial charge in [0.2, 0.25) is 5.88 Å². The molecule has 2 aromatic rings. The van der Waals surface area contributed by atoms with Gasteiger partial charge in [-0.3, -0.25) is 0 Å². The van der Waals surface area contributed by atoms with Crippen molar-refractivity contribution in [3.05, 3.63) is 59.0 Å². The molecule has 0 spiro atoms. The first-order valence-electron chi connectivity index (χ1n) is 6.70. The van der Waals surface area contributed by atoms with Gasteiger partial charge in [-0.25, -0.2) is 9.37 Å². The van der Waals surface area contributed by atoms with E-state index in [0.29, 0.717) is 18.1 Å². The van der Waals surface area contributed by atoms with Gasteiger partial charge in [-0.2, -0.15) is 0 Å². The van der Waals surface area contributed by atoms with Crippen LogP contribution in [0.25, 0.3) is 0 Å². The highest BCUT2D eigenvalue weighted by molar-refractivity contribution is 5.27. The van der Waals surface area contributed by atoms with Crippen LogP contribution in [-0.4, -0.2) is 4.98 Å². The van der Waals surface area contributed by atoms with Crippen molar-refractivity contribution in [2.45, 2.75) is 39.7 Å². The number of halogens is 1. The lowest BCUT2D eigenvalue weighted by Gasteiger charge is -2.19. The molecule has 0 amide bonds. The molecule has 2 nitrogen and oxygen atoms in total. The Kier molecular flexibility index (Phi) is 4.07. The van der Waals surface area contributed by atoms with Gasteiger partial charge in [-0.05, 0) is 47.2 Å². The molecular formula is C17H20FNO. The lowest BCUT2D eigenvalue weighted by Crippen LogP contribution is -2.11. The Morgan fingerprint density at radius 1 is 1.15 bits per heavy atom. The van der Waals surface area contributed by atoms with Crippen molar-refractivity contribution >= 4 is 0 Å². The summed E-state index contributed by atoms with van der Waals surface area (Å²) >= 11 is 0. The van der Waals surface area contributed by atoms with E-state index in [1.165, 1.54) is 11.6 Å². The van der Waals surface area contributed by atoms with E-state index in [-0.39, 0.29) is 11.2 Å². The fourth-order valence-corrected chi connectivity index (χ4v) is 1.91. The van der Waals surface area contributed by atoms with Crippen LogP contribution in [0.1, 0.15) is 37.5 Å². The Bertz CT molecular complexity index is 602. The second-order valence-corrected chi connectivity index (χ2v) is 6.00. The van der Waals surface area contributed by atoms with E-state index < -0.39 is 0 Å². The highest BCUT2D eigenvalue weighted by Gasteiger charge is 2.14. The van der Waals surface area contributed by atoms with E-state index in [9.17, 15) is 4.39 Å². The molecule has 20 heavy (non-hydrogen) atoms. The minimum Gasteiger partial charge on any atom is -0.473 e. The Morgan fingerprint density at radius 3 is 2.55 bits per heavy atom. The van der Waals surface area contributed by atoms with Gasteiger partial charge in [0.1, 0.15) is 12.4 Å². The zero-order valence-corrected chi connectivity index (χ0v) is 12.4. The molecule has 1 heterocycles. The zero-order valence-electron chi connectivity index (χ0n) is 12.4. The average molecular weight is 273 g/mol. The van der Waals surface area contributed by atoms with Gasteiger partial charge in [0.05, 0.1) is 0 Å². The fraction of sp³-hybridized carbons (Fsp3) is 0.353. The molecule has 0 aliphatic heterocycles. The van der Waals surface area contributed by atoms with Crippen molar-refractivity contribution in [2.75, 3.05) is 0 Å². The number of benzene rings is 1. The molecule has 0 fully saturated rings. The maximum Gasteiger partial charge on any atom is 0.213 e. The van der Waals surface area contributed by atoms with Crippen molar-refractivity contribution < 1.29 is 9.13 Å². The first kappa shape index (κ1) is 14.5. The summed E-state index contributed by atoms with van der Waals surface area (Å²) in [5.74, 6) is 0.404. The summed E-state index contributed by atoms with van der Waals surface area (Å²) in [4.78, 5) is 4.21. The number of ether oxygens (including phenoxy) is 1. The van der Waals surface area contributed by atoms with Crippen LogP contribution < -0.4 is 4.74 Å². The third-order valence-corrected chi connectivity index (χ3v) is 3.21. The van der Waals surface area contributed by atoms with Crippen LogP contribution >= 0.6 is 0 Å². The Hall–Kier alpha value is -1.90. The molecule has 0 saturated heterocycles. The van der Waals surface area contributed by atoms with Crippen molar-refractivity contribution in [2.24, 2.45) is 0 Å². The van der Waals surface area contributed by atoms with Gasteiger partial charge in [-0.1, -0.05) is 26.8 Å². The van der Waals surface area contributed by atoms with Gasteiger partial charge in [0, 0.05) is 12.3 Å². The quantitative estimate of drug-likeness (QED) is 0.826. The third kappa shape index (κ3) is 3.56. The predicted octanol–water partition coefficient (Wildman–Crippen LogP) is 4.41. The van der Waals surface area contributed by atoms with Crippen LogP contribution in [0.2, 0.25) is 0 Å². The van der Waals surface area contributed by atoms with Crippen molar-refractivity contribution in [1.82, 2.24) is 4.98 Å². The van der Waals surface area contributed by atoms with Gasteiger partial charge in [0.15, 0.2) is 0 Å². The van der Waals surface area contributed by atoms with Crippen LogP contribution in [0.5, 0.6) is 5.88 Å². The Labute approximate surface area is 119 Å². The van der Waals surface area contributed by atoms with Crippen LogP contribution in [0, 0.1) is 12.7 Å². The molecule has 3 heteroatoms. The van der Waals surface area contributed by atoms with Crippen molar-refractivity contribution in [3.63, 3.8) is 0 Å². The number of pyridine rings is 1. The van der Waals surface area contributed by atoms with Crippen molar-refractivity contribution in [1.29, 1.82) is 0 Å². The van der Waals surface area contributed by atoms with Gasteiger partial charge in [0.25, 0.3) is 0 Å². The number of hydrogen-bond acceptors (Lipinski definition) is 2. The average Bonchev–Trinajstić information content (AvgIpc) is 2.39. The molecular weight excluding hydrogens is 253 g/mol. The minimum absolute atomic E-state index is 0.0630. The van der Waals surface area contributed by atoms with Gasteiger partial charge in [-0.15, -0.1) is 0 Å². The number of rotatable bonds is 3. The van der Waals surface area contributed by atoms with Crippen molar-refractivity contribution in [3.8, 4) is 5.88 Å². The molecule has 0 saturated carbocycles. The van der Waals surface area contributed by atoms with E-state index in [4.69, 9.17) is 4.74 Å². The minimum atomic E-state index is -0.193. The summed E-state index contributed by atoms with van der Waals surface area (Å²) in [7, 11) is 0. The molecule has 1 aromatic carbocycles. The van der Waals surface area contributed by atoms with E-state index in [1.807, 2.05) is 12.1 Å². The van der Waals surface area contributed by atoms with E-state index >= 15 is 0 Å². The zero-order chi connectivity index (χ0) is 14.8. The summed E-state index contributed by atoms with van der Waals surface area (Å²) in [5, 5.41) is 0. The molecule has 0 N–H and O–H groups in total. The smallest absolute Gasteiger partial charge is 0.213 e. The second kappa shape index (κ2) is 5.61. The maximum absolute atomic E-state index is 13.2. The number of hydrogen-bond donors (Lipinski definition) is 0. The molecule has 1 aromatic heterocycles. The van der Waals surface area contributed by atoms with E-state index in [2.05, 4.69) is 25.8 Å². The number of nitrogens with zero attached hydrogens (tertiary/aromatic N) is 1. The highest BCUT2D eigenvalue weighted by Crippen LogP contribution is 2.24. The lowest BCUT2D eigenvalue weighted by atomic mass is 9.88. The van der Waals surface area contributed by atoms with Crippen LogP contribution in [0.15, 0.2) is 36.5 Å². The topological polar surface area (TPSA) is 22.1 Å². The Balaban J connectivity index is 2.09. The first-order valence-corrected chi connectivity index (χ1v) is 6.70. The van der Waals surface area contributed by atoms with Crippen LogP contribution in [-0.2, 0) is 12.0 Å². The molecule has 0 aliphatic carbocycles. The van der Waals surface area contributed by atoms with Gasteiger partial charge >= 0.3 is 0 Å². The normalized spacial score (nSPS) is 11.4. The molecule has 106 valence electrons. The standard InChI is InChI=1S/C17H20FNO/c1-12-9-13(5-6-15(12)18)11-20-16-10-14(7-8-19-16)17(2,3)4/h5-10H,11H2,1-4H3. The lowest BCUT2D eigenvalue weighted by molar-refractivity contribution is 0.292. The predicted molar refractivity (Wildman–Crippen MR) is 78.4 cm³/mol. The summed E-state index contributed by atoms with van der Waals surface area (Å²) in [6.45, 7) is 8.58. The summed E-state index contributed by atoms with van der Waals surface area (Å²) < 4.78 is 18.9. The molecule has 0 unspecified atom stereocenters. The summed E-state index contributed by atoms with van der Waals surface area (Å²) in [6, 6.07) is 8.94. The maximum atomic E-state index is 13.2. The van der Waals surface area contributed by atoms with Gasteiger partial charge < -0.3 is 4.74 Å². The Morgan fingerprint density at radius 2 is 1.90 bits per heavy atom. The molecule has 0 atom stereocenters.